The SMILES string of the molecule is COc1ccc(CNCC(C)(O)c2ccsc2)cc1O. The maximum Gasteiger partial charge on any atom is 0.160 e. The Labute approximate surface area is 122 Å². The first-order valence-corrected chi connectivity index (χ1v) is 7.29. The lowest BCUT2D eigenvalue weighted by molar-refractivity contribution is 0.0571. The second-order valence-electron chi connectivity index (χ2n) is 4.90. The minimum Gasteiger partial charge on any atom is -0.504 e. The zero-order valence-electron chi connectivity index (χ0n) is 11.6. The molecule has 20 heavy (non-hydrogen) atoms. The molecule has 1 atom stereocenters. The van der Waals surface area contributed by atoms with Gasteiger partial charge in [-0.05, 0) is 47.0 Å². The predicted octanol–water partition coefficient (Wildman–Crippen LogP) is 2.46. The van der Waals surface area contributed by atoms with Crippen LogP contribution in [0.5, 0.6) is 11.5 Å². The quantitative estimate of drug-likeness (QED) is 0.765. The molecule has 3 N–H and O–H groups in total. The smallest absolute Gasteiger partial charge is 0.160 e. The Kier molecular flexibility index (Phi) is 4.65. The maximum absolute atomic E-state index is 10.4. The zero-order valence-corrected chi connectivity index (χ0v) is 12.4. The van der Waals surface area contributed by atoms with E-state index in [1.807, 2.05) is 22.9 Å². The summed E-state index contributed by atoms with van der Waals surface area (Å²) in [6.07, 6.45) is 0. The summed E-state index contributed by atoms with van der Waals surface area (Å²) in [5.74, 6) is 0.579. The summed E-state index contributed by atoms with van der Waals surface area (Å²) >= 11 is 1.57. The number of nitrogens with one attached hydrogen (secondary N) is 1. The highest BCUT2D eigenvalue weighted by molar-refractivity contribution is 7.08. The molecule has 4 nitrogen and oxygen atoms in total. The van der Waals surface area contributed by atoms with Crippen LogP contribution in [0.3, 0.4) is 0 Å². The molecule has 0 saturated carbocycles. The summed E-state index contributed by atoms with van der Waals surface area (Å²) in [5.41, 5.74) is 0.950. The highest BCUT2D eigenvalue weighted by Crippen LogP contribution is 2.26. The third kappa shape index (κ3) is 3.50. The molecule has 1 heterocycles. The zero-order chi connectivity index (χ0) is 14.6. The summed E-state index contributed by atoms with van der Waals surface area (Å²) in [4.78, 5) is 0. The second kappa shape index (κ2) is 6.26. The van der Waals surface area contributed by atoms with Gasteiger partial charge in [0.05, 0.1) is 12.7 Å². The summed E-state index contributed by atoms with van der Waals surface area (Å²) in [6, 6.07) is 7.19. The number of hydrogen-bond donors (Lipinski definition) is 3. The first-order chi connectivity index (χ1) is 9.53. The van der Waals surface area contributed by atoms with Crippen LogP contribution in [-0.2, 0) is 12.1 Å². The van der Waals surface area contributed by atoms with Gasteiger partial charge < -0.3 is 20.3 Å². The molecular weight excluding hydrogens is 274 g/mol. The monoisotopic (exact) mass is 293 g/mol. The minimum atomic E-state index is -0.894. The van der Waals surface area contributed by atoms with Crippen molar-refractivity contribution < 1.29 is 14.9 Å². The highest BCUT2D eigenvalue weighted by atomic mass is 32.1. The van der Waals surface area contributed by atoms with Crippen LogP contribution in [0.25, 0.3) is 0 Å². The predicted molar refractivity (Wildman–Crippen MR) is 80.3 cm³/mol. The molecule has 0 saturated heterocycles. The molecule has 0 amide bonds. The lowest BCUT2D eigenvalue weighted by Gasteiger charge is -2.23. The number of ether oxygens (including phenoxy) is 1. The number of phenolic OH excluding ortho intramolecular Hbond substituents is 1. The largest absolute Gasteiger partial charge is 0.504 e. The molecule has 0 aliphatic rings. The van der Waals surface area contributed by atoms with E-state index in [0.29, 0.717) is 18.8 Å². The molecule has 0 aliphatic heterocycles. The molecule has 2 rings (SSSR count). The molecule has 0 radical (unpaired) electrons. The van der Waals surface area contributed by atoms with Crippen LogP contribution in [-0.4, -0.2) is 23.9 Å². The molecule has 1 unspecified atom stereocenters. The van der Waals surface area contributed by atoms with Crippen molar-refractivity contribution >= 4 is 11.3 Å². The maximum atomic E-state index is 10.4. The molecule has 2 aromatic rings. The van der Waals surface area contributed by atoms with Crippen molar-refractivity contribution in [1.82, 2.24) is 5.32 Å². The van der Waals surface area contributed by atoms with E-state index in [4.69, 9.17) is 4.74 Å². The van der Waals surface area contributed by atoms with Crippen LogP contribution in [0.4, 0.5) is 0 Å². The Morgan fingerprint density at radius 3 is 2.75 bits per heavy atom. The van der Waals surface area contributed by atoms with Crippen LogP contribution in [0.15, 0.2) is 35.0 Å². The topological polar surface area (TPSA) is 61.7 Å². The number of benzene rings is 1. The molecule has 108 valence electrons. The third-order valence-electron chi connectivity index (χ3n) is 3.18. The Morgan fingerprint density at radius 2 is 2.15 bits per heavy atom. The standard InChI is InChI=1S/C15H19NO3S/c1-15(18,12-5-6-20-9-12)10-16-8-11-3-4-14(19-2)13(17)7-11/h3-7,9,16-18H,8,10H2,1-2H3. The van der Waals surface area contributed by atoms with Crippen LogP contribution < -0.4 is 10.1 Å². The van der Waals surface area contributed by atoms with Crippen molar-refractivity contribution in [1.29, 1.82) is 0 Å². The van der Waals surface area contributed by atoms with Crippen molar-refractivity contribution in [2.24, 2.45) is 0 Å². The van der Waals surface area contributed by atoms with E-state index >= 15 is 0 Å². The first-order valence-electron chi connectivity index (χ1n) is 6.34. The van der Waals surface area contributed by atoms with Gasteiger partial charge >= 0.3 is 0 Å². The molecule has 0 spiro atoms. The van der Waals surface area contributed by atoms with Crippen molar-refractivity contribution in [3.8, 4) is 11.5 Å². The van der Waals surface area contributed by atoms with Gasteiger partial charge in [-0.2, -0.15) is 11.3 Å². The van der Waals surface area contributed by atoms with Gasteiger partial charge in [-0.25, -0.2) is 0 Å². The lowest BCUT2D eigenvalue weighted by atomic mass is 9.99. The van der Waals surface area contributed by atoms with Crippen LogP contribution >= 0.6 is 11.3 Å². The van der Waals surface area contributed by atoms with E-state index in [2.05, 4.69) is 5.32 Å². The number of methoxy groups -OCH3 is 1. The van der Waals surface area contributed by atoms with Gasteiger partial charge in [-0.3, -0.25) is 0 Å². The van der Waals surface area contributed by atoms with E-state index in [1.54, 1.807) is 30.4 Å². The van der Waals surface area contributed by atoms with Gasteiger partial charge in [0.15, 0.2) is 11.5 Å². The van der Waals surface area contributed by atoms with E-state index in [0.717, 1.165) is 11.1 Å². The normalized spacial score (nSPS) is 13.9. The van der Waals surface area contributed by atoms with Gasteiger partial charge in [0.25, 0.3) is 0 Å². The van der Waals surface area contributed by atoms with Crippen molar-refractivity contribution in [2.75, 3.05) is 13.7 Å². The summed E-state index contributed by atoms with van der Waals surface area (Å²) in [5, 5.41) is 27.2. The lowest BCUT2D eigenvalue weighted by Crippen LogP contribution is -2.34. The molecule has 0 fully saturated rings. The number of rotatable bonds is 6. The average molecular weight is 293 g/mol. The molecule has 1 aromatic carbocycles. The number of aliphatic hydroxyl groups is 1. The Bertz CT molecular complexity index is 552. The fourth-order valence-electron chi connectivity index (χ4n) is 1.97. The van der Waals surface area contributed by atoms with Crippen molar-refractivity contribution in [2.45, 2.75) is 19.1 Å². The van der Waals surface area contributed by atoms with Gasteiger partial charge in [0.1, 0.15) is 0 Å². The minimum absolute atomic E-state index is 0.122. The fourth-order valence-corrected chi connectivity index (χ4v) is 2.75. The summed E-state index contributed by atoms with van der Waals surface area (Å²) < 4.78 is 5.00. The van der Waals surface area contributed by atoms with Gasteiger partial charge in [-0.1, -0.05) is 6.07 Å². The second-order valence-corrected chi connectivity index (χ2v) is 5.68. The number of aromatic hydroxyl groups is 1. The summed E-state index contributed by atoms with van der Waals surface area (Å²) in [7, 11) is 1.52. The van der Waals surface area contributed by atoms with Gasteiger partial charge in [0, 0.05) is 13.1 Å². The van der Waals surface area contributed by atoms with Crippen LogP contribution in [0.1, 0.15) is 18.1 Å². The van der Waals surface area contributed by atoms with Crippen LogP contribution in [0, 0.1) is 0 Å². The Balaban J connectivity index is 1.91. The third-order valence-corrected chi connectivity index (χ3v) is 3.87. The van der Waals surface area contributed by atoms with Gasteiger partial charge in [-0.15, -0.1) is 0 Å². The molecule has 0 aliphatic carbocycles. The average Bonchev–Trinajstić information content (AvgIpc) is 2.93. The highest BCUT2D eigenvalue weighted by Gasteiger charge is 2.22. The molecule has 5 heteroatoms. The Hall–Kier alpha value is -1.56. The molecule has 0 bridgehead atoms. The summed E-state index contributed by atoms with van der Waals surface area (Å²) in [6.45, 7) is 2.79. The van der Waals surface area contributed by atoms with E-state index in [9.17, 15) is 10.2 Å². The van der Waals surface area contributed by atoms with E-state index in [-0.39, 0.29) is 5.75 Å². The van der Waals surface area contributed by atoms with E-state index in [1.165, 1.54) is 7.11 Å². The number of hydrogen-bond acceptors (Lipinski definition) is 5. The molecular formula is C15H19NO3S. The van der Waals surface area contributed by atoms with Crippen molar-refractivity contribution in [3.63, 3.8) is 0 Å². The van der Waals surface area contributed by atoms with Crippen molar-refractivity contribution in [3.05, 3.63) is 46.2 Å². The van der Waals surface area contributed by atoms with Crippen LogP contribution in [0.2, 0.25) is 0 Å². The molecule has 1 aromatic heterocycles. The number of thiophene rings is 1. The Morgan fingerprint density at radius 1 is 1.35 bits per heavy atom. The van der Waals surface area contributed by atoms with Gasteiger partial charge in [0.2, 0.25) is 0 Å². The van der Waals surface area contributed by atoms with E-state index < -0.39 is 5.60 Å². The first kappa shape index (κ1) is 14.8. The fraction of sp³-hybridized carbons (Fsp3) is 0.333. The number of phenols is 1.